The summed E-state index contributed by atoms with van der Waals surface area (Å²) < 4.78 is 6.08. The molecule has 0 aliphatic heterocycles. The molecule has 2 aromatic carbocycles. The molecule has 5 nitrogen and oxygen atoms in total. The number of carbonyl (C=O) groups excluding carboxylic acids is 1. The molecular weight excluding hydrogens is 360 g/mol. The summed E-state index contributed by atoms with van der Waals surface area (Å²) in [5.74, 6) is 0.209. The van der Waals surface area contributed by atoms with Crippen LogP contribution >= 0.6 is 15.9 Å². The monoisotopic (exact) mass is 376 g/mol. The summed E-state index contributed by atoms with van der Waals surface area (Å²) in [6.07, 6.45) is 0. The first-order valence-corrected chi connectivity index (χ1v) is 7.87. The summed E-state index contributed by atoms with van der Waals surface area (Å²) in [5, 5.41) is 13.8. The fourth-order valence-electron chi connectivity index (χ4n) is 1.91. The highest BCUT2D eigenvalue weighted by Gasteiger charge is 2.11. The normalized spacial score (nSPS) is 11.2. The van der Waals surface area contributed by atoms with Gasteiger partial charge in [-0.1, -0.05) is 15.9 Å². The lowest BCUT2D eigenvalue weighted by atomic mass is 10.1. The Bertz CT molecular complexity index is 727. The summed E-state index contributed by atoms with van der Waals surface area (Å²) >= 11 is 3.26. The summed E-state index contributed by atoms with van der Waals surface area (Å²) in [7, 11) is 0. The highest BCUT2D eigenvalue weighted by atomic mass is 79.9. The second-order valence-electron chi connectivity index (χ2n) is 4.76. The maximum absolute atomic E-state index is 12.1. The van der Waals surface area contributed by atoms with E-state index in [2.05, 4.69) is 26.5 Å². The fourth-order valence-corrected chi connectivity index (χ4v) is 2.27. The zero-order valence-corrected chi connectivity index (χ0v) is 14.4. The van der Waals surface area contributed by atoms with E-state index in [0.29, 0.717) is 16.8 Å². The summed E-state index contributed by atoms with van der Waals surface area (Å²) in [6, 6.07) is 12.1. The molecule has 2 N–H and O–H groups in total. The van der Waals surface area contributed by atoms with Crippen molar-refractivity contribution in [1.29, 1.82) is 0 Å². The van der Waals surface area contributed by atoms with Crippen LogP contribution in [0.5, 0.6) is 11.5 Å². The van der Waals surface area contributed by atoms with Crippen LogP contribution in [-0.4, -0.2) is 23.3 Å². The van der Waals surface area contributed by atoms with E-state index in [-0.39, 0.29) is 11.3 Å². The van der Waals surface area contributed by atoms with Gasteiger partial charge in [-0.05, 0) is 61.9 Å². The Balaban J connectivity index is 2.09. The lowest BCUT2D eigenvalue weighted by molar-refractivity contribution is 0.0952. The van der Waals surface area contributed by atoms with Gasteiger partial charge in [-0.25, -0.2) is 5.43 Å². The lowest BCUT2D eigenvalue weighted by Gasteiger charge is -2.06. The molecule has 0 bridgehead atoms. The predicted molar refractivity (Wildman–Crippen MR) is 93.1 cm³/mol. The highest BCUT2D eigenvalue weighted by molar-refractivity contribution is 9.10. The number of nitrogens with one attached hydrogen (secondary N) is 1. The average molecular weight is 377 g/mol. The number of hydrogen-bond donors (Lipinski definition) is 2. The van der Waals surface area contributed by atoms with Crippen molar-refractivity contribution in [2.75, 3.05) is 6.61 Å². The Hall–Kier alpha value is -2.34. The number of hydrogen-bond acceptors (Lipinski definition) is 4. The molecule has 0 aliphatic carbocycles. The highest BCUT2D eigenvalue weighted by Crippen LogP contribution is 2.21. The Morgan fingerprint density at radius 2 is 1.96 bits per heavy atom. The molecule has 1 amide bonds. The zero-order chi connectivity index (χ0) is 16.8. The molecule has 0 saturated heterocycles. The van der Waals surface area contributed by atoms with Gasteiger partial charge in [0, 0.05) is 4.47 Å². The van der Waals surface area contributed by atoms with Crippen molar-refractivity contribution in [2.24, 2.45) is 5.10 Å². The minimum atomic E-state index is -0.478. The minimum absolute atomic E-state index is 0.0976. The summed E-state index contributed by atoms with van der Waals surface area (Å²) in [4.78, 5) is 12.1. The number of benzene rings is 2. The van der Waals surface area contributed by atoms with Crippen LogP contribution < -0.4 is 10.2 Å². The quantitative estimate of drug-likeness (QED) is 0.617. The number of hydrazone groups is 1. The lowest BCUT2D eigenvalue weighted by Crippen LogP contribution is -2.19. The van der Waals surface area contributed by atoms with Crippen LogP contribution in [0.4, 0.5) is 0 Å². The molecule has 0 heterocycles. The first kappa shape index (κ1) is 17.0. The van der Waals surface area contributed by atoms with E-state index in [1.165, 1.54) is 12.1 Å². The smallest absolute Gasteiger partial charge is 0.275 e. The van der Waals surface area contributed by atoms with Gasteiger partial charge in [0.05, 0.1) is 17.9 Å². The molecule has 6 heteroatoms. The maximum Gasteiger partial charge on any atom is 0.275 e. The number of nitrogens with zero attached hydrogens (tertiary/aromatic N) is 1. The van der Waals surface area contributed by atoms with E-state index in [4.69, 9.17) is 4.74 Å². The van der Waals surface area contributed by atoms with Crippen molar-refractivity contribution in [3.63, 3.8) is 0 Å². The van der Waals surface area contributed by atoms with Gasteiger partial charge < -0.3 is 9.84 Å². The second kappa shape index (κ2) is 7.78. The third-order valence-corrected chi connectivity index (χ3v) is 3.60. The Kier molecular flexibility index (Phi) is 5.76. The van der Waals surface area contributed by atoms with Gasteiger partial charge >= 0.3 is 0 Å². The number of amides is 1. The number of aromatic hydroxyl groups is 1. The van der Waals surface area contributed by atoms with Crippen molar-refractivity contribution in [2.45, 2.75) is 13.8 Å². The average Bonchev–Trinajstić information content (AvgIpc) is 2.55. The maximum atomic E-state index is 12.1. The van der Waals surface area contributed by atoms with Crippen LogP contribution in [-0.2, 0) is 0 Å². The van der Waals surface area contributed by atoms with Crippen molar-refractivity contribution in [3.8, 4) is 11.5 Å². The number of phenols is 1. The van der Waals surface area contributed by atoms with E-state index in [1.54, 1.807) is 13.0 Å². The van der Waals surface area contributed by atoms with Crippen LogP contribution in [0.2, 0.25) is 0 Å². The molecule has 0 spiro atoms. The molecule has 2 aromatic rings. The molecule has 0 fully saturated rings. The molecule has 0 radical (unpaired) electrons. The molecule has 0 aromatic heterocycles. The van der Waals surface area contributed by atoms with Crippen LogP contribution in [0.3, 0.4) is 0 Å². The third kappa shape index (κ3) is 4.56. The number of halogens is 1. The van der Waals surface area contributed by atoms with Crippen molar-refractivity contribution < 1.29 is 14.6 Å². The Morgan fingerprint density at radius 3 is 2.61 bits per heavy atom. The molecule has 2 rings (SSSR count). The first-order chi connectivity index (χ1) is 11.0. The summed E-state index contributed by atoms with van der Waals surface area (Å²) in [6.45, 7) is 4.32. The molecule has 0 atom stereocenters. The van der Waals surface area contributed by atoms with Gasteiger partial charge in [-0.3, -0.25) is 4.79 Å². The largest absolute Gasteiger partial charge is 0.507 e. The third-order valence-electron chi connectivity index (χ3n) is 3.11. The van der Waals surface area contributed by atoms with Crippen LogP contribution in [0.25, 0.3) is 0 Å². The molecule has 120 valence electrons. The first-order valence-electron chi connectivity index (χ1n) is 7.07. The zero-order valence-electron chi connectivity index (χ0n) is 12.8. The second-order valence-corrected chi connectivity index (χ2v) is 5.67. The SMILES string of the molecule is CCOc1ccc(/C(C)=N/NC(=O)c2cc(Br)ccc2O)cc1. The fraction of sp³-hybridized carbons (Fsp3) is 0.176. The molecular formula is C17H17BrN2O3. The van der Waals surface area contributed by atoms with Crippen molar-refractivity contribution >= 4 is 27.5 Å². The van der Waals surface area contributed by atoms with E-state index in [0.717, 1.165) is 11.3 Å². The van der Waals surface area contributed by atoms with E-state index in [9.17, 15) is 9.90 Å². The summed E-state index contributed by atoms with van der Waals surface area (Å²) in [5.41, 5.74) is 4.11. The Labute approximate surface area is 143 Å². The van der Waals surface area contributed by atoms with E-state index in [1.807, 2.05) is 31.2 Å². The number of rotatable bonds is 5. The standard InChI is InChI=1S/C17H17BrN2O3/c1-3-23-14-7-4-12(5-8-14)11(2)19-20-17(22)15-10-13(18)6-9-16(15)21/h4-10,21H,3H2,1-2H3,(H,20,22)/b19-11+. The van der Waals surface area contributed by atoms with Gasteiger partial charge in [0.15, 0.2) is 0 Å². The van der Waals surface area contributed by atoms with Gasteiger partial charge in [0.2, 0.25) is 0 Å². The predicted octanol–water partition coefficient (Wildman–Crippen LogP) is 3.71. The van der Waals surface area contributed by atoms with Gasteiger partial charge in [-0.15, -0.1) is 0 Å². The van der Waals surface area contributed by atoms with Crippen LogP contribution in [0, 0.1) is 0 Å². The minimum Gasteiger partial charge on any atom is -0.507 e. The van der Waals surface area contributed by atoms with E-state index < -0.39 is 5.91 Å². The van der Waals surface area contributed by atoms with Crippen molar-refractivity contribution in [3.05, 3.63) is 58.1 Å². The van der Waals surface area contributed by atoms with Crippen LogP contribution in [0.15, 0.2) is 52.0 Å². The van der Waals surface area contributed by atoms with Gasteiger partial charge in [0.1, 0.15) is 11.5 Å². The number of phenolic OH excluding ortho intramolecular Hbond substituents is 1. The molecule has 23 heavy (non-hydrogen) atoms. The van der Waals surface area contributed by atoms with Gasteiger partial charge in [-0.2, -0.15) is 5.10 Å². The Morgan fingerprint density at radius 1 is 1.26 bits per heavy atom. The van der Waals surface area contributed by atoms with Crippen molar-refractivity contribution in [1.82, 2.24) is 5.43 Å². The molecule has 0 aliphatic rings. The number of ether oxygens (including phenoxy) is 1. The van der Waals surface area contributed by atoms with Crippen LogP contribution in [0.1, 0.15) is 29.8 Å². The van der Waals surface area contributed by atoms with Gasteiger partial charge in [0.25, 0.3) is 5.91 Å². The molecule has 0 saturated carbocycles. The number of carbonyl (C=O) groups is 1. The molecule has 0 unspecified atom stereocenters. The topological polar surface area (TPSA) is 70.9 Å². The van der Waals surface area contributed by atoms with E-state index >= 15 is 0 Å².